The first-order chi connectivity index (χ1) is 11.9. The van der Waals surface area contributed by atoms with Gasteiger partial charge in [-0.3, -0.25) is 0 Å². The Kier molecular flexibility index (Phi) is 3.86. The van der Waals surface area contributed by atoms with Crippen LogP contribution in [0.15, 0.2) is 54.7 Å². The first-order valence-electron chi connectivity index (χ1n) is 8.70. The zero-order chi connectivity index (χ0) is 17.6. The predicted octanol–water partition coefficient (Wildman–Crippen LogP) is 6.69. The van der Waals surface area contributed by atoms with E-state index in [1.54, 1.807) is 6.07 Å². The minimum Gasteiger partial charge on any atom is -0.344 e. The van der Waals surface area contributed by atoms with Crippen molar-refractivity contribution in [3.05, 3.63) is 60.3 Å². The maximum absolute atomic E-state index is 12.9. The molecule has 1 aliphatic rings. The molecule has 0 radical (unpaired) electrons. The number of halogens is 3. The fraction of sp³-hybridized carbons (Fsp3) is 0.333. The van der Waals surface area contributed by atoms with Crippen LogP contribution in [0.5, 0.6) is 0 Å². The van der Waals surface area contributed by atoms with Gasteiger partial charge < -0.3 is 4.57 Å². The molecule has 1 nitrogen and oxygen atoms in total. The van der Waals surface area contributed by atoms with Crippen LogP contribution in [0.4, 0.5) is 13.2 Å². The molecular formula is C21H20F3N. The Hall–Kier alpha value is -2.23. The first-order valence-corrected chi connectivity index (χ1v) is 8.70. The Balaban J connectivity index is 1.71. The van der Waals surface area contributed by atoms with E-state index >= 15 is 0 Å². The lowest BCUT2D eigenvalue weighted by Crippen LogP contribution is -2.04. The highest BCUT2D eigenvalue weighted by atomic mass is 19.4. The van der Waals surface area contributed by atoms with Crippen LogP contribution in [-0.2, 0) is 6.18 Å². The molecule has 130 valence electrons. The first kappa shape index (κ1) is 16.2. The monoisotopic (exact) mass is 343 g/mol. The van der Waals surface area contributed by atoms with E-state index in [4.69, 9.17) is 0 Å². The minimum absolute atomic E-state index is 0.534. The van der Waals surface area contributed by atoms with Gasteiger partial charge in [0.15, 0.2) is 0 Å². The predicted molar refractivity (Wildman–Crippen MR) is 94.4 cm³/mol. The molecule has 2 atom stereocenters. The van der Waals surface area contributed by atoms with E-state index < -0.39 is 11.7 Å². The molecule has 2 aromatic carbocycles. The van der Waals surface area contributed by atoms with E-state index in [1.807, 2.05) is 18.2 Å². The molecule has 1 aliphatic carbocycles. The fourth-order valence-electron chi connectivity index (χ4n) is 3.97. The summed E-state index contributed by atoms with van der Waals surface area (Å²) in [6.07, 6.45) is 1.44. The summed E-state index contributed by atoms with van der Waals surface area (Å²) in [6.45, 7) is 2.29. The number of aromatic nitrogens is 1. The Labute approximate surface area is 145 Å². The molecule has 1 aromatic heterocycles. The summed E-state index contributed by atoms with van der Waals surface area (Å²) in [5.41, 5.74) is 1.97. The van der Waals surface area contributed by atoms with Crippen molar-refractivity contribution in [1.82, 2.24) is 4.57 Å². The Morgan fingerprint density at radius 3 is 2.48 bits per heavy atom. The summed E-state index contributed by atoms with van der Waals surface area (Å²) in [5, 5.41) is 1.08. The average Bonchev–Trinajstić information content (AvgIpc) is 3.19. The van der Waals surface area contributed by atoms with Gasteiger partial charge in [-0.1, -0.05) is 25.1 Å². The zero-order valence-corrected chi connectivity index (χ0v) is 14.1. The molecule has 4 heteroatoms. The highest BCUT2D eigenvalue weighted by Gasteiger charge is 2.30. The quantitative estimate of drug-likeness (QED) is 0.488. The lowest BCUT2D eigenvalue weighted by atomic mass is 10.0. The molecule has 1 heterocycles. The molecular weight excluding hydrogens is 323 g/mol. The molecule has 0 saturated heterocycles. The van der Waals surface area contributed by atoms with Crippen molar-refractivity contribution < 1.29 is 13.2 Å². The molecule has 2 unspecified atom stereocenters. The third-order valence-electron chi connectivity index (χ3n) is 5.30. The summed E-state index contributed by atoms with van der Waals surface area (Å²) in [7, 11) is 0. The number of hydrogen-bond donors (Lipinski definition) is 0. The third-order valence-corrected chi connectivity index (χ3v) is 5.30. The van der Waals surface area contributed by atoms with Gasteiger partial charge in [0.2, 0.25) is 0 Å². The number of hydrogen-bond acceptors (Lipinski definition) is 0. The van der Waals surface area contributed by atoms with Crippen LogP contribution in [-0.4, -0.2) is 4.57 Å². The van der Waals surface area contributed by atoms with Gasteiger partial charge in [-0.25, -0.2) is 0 Å². The molecule has 0 bridgehead atoms. The second-order valence-electron chi connectivity index (χ2n) is 7.15. The Morgan fingerprint density at radius 1 is 0.960 bits per heavy atom. The highest BCUT2D eigenvalue weighted by molar-refractivity contribution is 5.86. The average molecular weight is 343 g/mol. The Bertz CT molecular complexity index is 907. The summed E-state index contributed by atoms with van der Waals surface area (Å²) >= 11 is 0. The van der Waals surface area contributed by atoms with Crippen LogP contribution in [0, 0.1) is 5.92 Å². The highest BCUT2D eigenvalue weighted by Crippen LogP contribution is 2.37. The van der Waals surface area contributed by atoms with Crippen molar-refractivity contribution in [3.8, 4) is 11.1 Å². The van der Waals surface area contributed by atoms with Gasteiger partial charge in [-0.05, 0) is 66.6 Å². The zero-order valence-electron chi connectivity index (χ0n) is 14.1. The second-order valence-corrected chi connectivity index (χ2v) is 7.15. The van der Waals surface area contributed by atoms with E-state index in [-0.39, 0.29) is 0 Å². The van der Waals surface area contributed by atoms with Crippen molar-refractivity contribution in [2.75, 3.05) is 0 Å². The fourth-order valence-corrected chi connectivity index (χ4v) is 3.97. The molecule has 0 aliphatic heterocycles. The molecule has 0 N–H and O–H groups in total. The van der Waals surface area contributed by atoms with Crippen molar-refractivity contribution in [3.63, 3.8) is 0 Å². The van der Waals surface area contributed by atoms with Gasteiger partial charge in [0.05, 0.1) is 5.56 Å². The number of benzene rings is 2. The molecule has 25 heavy (non-hydrogen) atoms. The lowest BCUT2D eigenvalue weighted by Gasteiger charge is -2.14. The van der Waals surface area contributed by atoms with Crippen molar-refractivity contribution in [1.29, 1.82) is 0 Å². The number of alkyl halides is 3. The molecule has 1 fully saturated rings. The summed E-state index contributed by atoms with van der Waals surface area (Å²) in [6, 6.07) is 14.1. The van der Waals surface area contributed by atoms with Crippen LogP contribution in [0.25, 0.3) is 22.0 Å². The van der Waals surface area contributed by atoms with E-state index in [0.717, 1.165) is 28.5 Å². The topological polar surface area (TPSA) is 4.93 Å². The van der Waals surface area contributed by atoms with Crippen LogP contribution >= 0.6 is 0 Å². The smallest absolute Gasteiger partial charge is 0.344 e. The number of nitrogens with zero attached hydrogens (tertiary/aromatic N) is 1. The minimum atomic E-state index is -4.32. The molecule has 0 spiro atoms. The largest absolute Gasteiger partial charge is 0.416 e. The van der Waals surface area contributed by atoms with Crippen LogP contribution in [0.2, 0.25) is 0 Å². The van der Waals surface area contributed by atoms with Gasteiger partial charge in [-0.15, -0.1) is 0 Å². The van der Waals surface area contributed by atoms with Crippen molar-refractivity contribution in [2.45, 2.75) is 38.4 Å². The molecule has 4 rings (SSSR count). The van der Waals surface area contributed by atoms with E-state index in [0.29, 0.717) is 11.6 Å². The van der Waals surface area contributed by atoms with Crippen LogP contribution in [0.3, 0.4) is 0 Å². The maximum Gasteiger partial charge on any atom is 0.416 e. The van der Waals surface area contributed by atoms with Gasteiger partial charge in [0.25, 0.3) is 0 Å². The van der Waals surface area contributed by atoms with Gasteiger partial charge in [-0.2, -0.15) is 13.2 Å². The van der Waals surface area contributed by atoms with Crippen LogP contribution in [0.1, 0.15) is 37.8 Å². The van der Waals surface area contributed by atoms with E-state index in [9.17, 15) is 13.2 Å². The van der Waals surface area contributed by atoms with E-state index in [1.165, 1.54) is 31.4 Å². The number of rotatable bonds is 2. The second kappa shape index (κ2) is 5.94. The molecule has 0 amide bonds. The maximum atomic E-state index is 12.9. The van der Waals surface area contributed by atoms with E-state index in [2.05, 4.69) is 23.8 Å². The van der Waals surface area contributed by atoms with Gasteiger partial charge in [0, 0.05) is 23.1 Å². The van der Waals surface area contributed by atoms with Gasteiger partial charge in [0.1, 0.15) is 0 Å². The van der Waals surface area contributed by atoms with Crippen LogP contribution < -0.4 is 0 Å². The SMILES string of the molecule is CC1CCC(n2ccc3cc(-c4cccc(C(F)(F)F)c4)ccc32)C1. The van der Waals surface area contributed by atoms with Crippen molar-refractivity contribution >= 4 is 10.9 Å². The Morgan fingerprint density at radius 2 is 1.76 bits per heavy atom. The summed E-state index contributed by atoms with van der Waals surface area (Å²) < 4.78 is 41.2. The molecule has 1 saturated carbocycles. The van der Waals surface area contributed by atoms with Crippen molar-refractivity contribution in [2.24, 2.45) is 5.92 Å². The lowest BCUT2D eigenvalue weighted by molar-refractivity contribution is -0.137. The summed E-state index contributed by atoms with van der Waals surface area (Å²) in [4.78, 5) is 0. The normalized spacial score (nSPS) is 21.1. The number of fused-ring (bicyclic) bond motifs is 1. The van der Waals surface area contributed by atoms with Gasteiger partial charge >= 0.3 is 6.18 Å². The molecule has 3 aromatic rings. The summed E-state index contributed by atoms with van der Waals surface area (Å²) in [5.74, 6) is 0.756. The third kappa shape index (κ3) is 3.06. The standard InChI is InChI=1S/C21H20F3N/c1-14-5-7-19(11-14)25-10-9-17-12-16(6-8-20(17)25)15-3-2-4-18(13-15)21(22,23)24/h2-4,6,8-10,12-14,19H,5,7,11H2,1H3.